The summed E-state index contributed by atoms with van der Waals surface area (Å²) in [5, 5.41) is 3.87. The molecule has 2 aliphatic rings. The van der Waals surface area contributed by atoms with E-state index >= 15 is 0 Å². The van der Waals surface area contributed by atoms with E-state index in [4.69, 9.17) is 16.3 Å². The van der Waals surface area contributed by atoms with E-state index in [1.54, 1.807) is 24.3 Å². The second-order valence-corrected chi connectivity index (χ2v) is 6.70. The van der Waals surface area contributed by atoms with Crippen LogP contribution in [0.1, 0.15) is 39.0 Å². The molecule has 0 saturated heterocycles. The van der Waals surface area contributed by atoms with Crippen LogP contribution < -0.4 is 10.1 Å². The first-order chi connectivity index (χ1) is 10.2. The Labute approximate surface area is 131 Å². The number of hydrogen-bond donors (Lipinski definition) is 1. The van der Waals surface area contributed by atoms with Crippen LogP contribution in [0.15, 0.2) is 24.3 Å². The quantitative estimate of drug-likeness (QED) is 0.898. The van der Waals surface area contributed by atoms with Gasteiger partial charge >= 0.3 is 0 Å². The number of hydrogen-bond acceptors (Lipinski definition) is 2. The molecule has 1 N–H and O–H groups in total. The van der Waals surface area contributed by atoms with Crippen LogP contribution in [0.25, 0.3) is 0 Å². The Bertz CT molecular complexity index is 502. The van der Waals surface area contributed by atoms with Crippen LogP contribution in [0.4, 0.5) is 0 Å². The molecule has 21 heavy (non-hydrogen) atoms. The van der Waals surface area contributed by atoms with Gasteiger partial charge in [0.2, 0.25) is 0 Å². The number of amides is 1. The Balaban J connectivity index is 1.57. The molecular formula is C17H22ClNO2. The maximum atomic E-state index is 12.4. The first-order valence-electron chi connectivity index (χ1n) is 7.88. The lowest BCUT2D eigenvalue weighted by atomic mass is 9.95. The molecule has 2 bridgehead atoms. The number of halogens is 1. The number of carbonyl (C=O) groups is 1. The molecular weight excluding hydrogens is 286 g/mol. The molecule has 1 aromatic carbocycles. The van der Waals surface area contributed by atoms with E-state index in [-0.39, 0.29) is 5.91 Å². The van der Waals surface area contributed by atoms with E-state index in [2.05, 4.69) is 5.32 Å². The largest absolute Gasteiger partial charge is 0.481 e. The number of rotatable bonds is 5. The van der Waals surface area contributed by atoms with Crippen molar-refractivity contribution in [1.82, 2.24) is 5.32 Å². The highest BCUT2D eigenvalue weighted by atomic mass is 35.5. The Morgan fingerprint density at radius 3 is 2.67 bits per heavy atom. The first-order valence-corrected chi connectivity index (χ1v) is 8.26. The molecule has 0 aromatic heterocycles. The lowest BCUT2D eigenvalue weighted by Gasteiger charge is -2.25. The van der Waals surface area contributed by atoms with Gasteiger partial charge in [0.1, 0.15) is 5.75 Å². The van der Waals surface area contributed by atoms with E-state index < -0.39 is 6.10 Å². The van der Waals surface area contributed by atoms with E-state index in [0.717, 1.165) is 12.3 Å². The number of carbonyl (C=O) groups excluding carboxylic acids is 1. The summed E-state index contributed by atoms with van der Waals surface area (Å²) >= 11 is 5.86. The van der Waals surface area contributed by atoms with E-state index in [0.29, 0.717) is 29.2 Å². The minimum atomic E-state index is -0.426. The van der Waals surface area contributed by atoms with E-state index in [1.807, 2.05) is 6.92 Å². The maximum absolute atomic E-state index is 12.4. The van der Waals surface area contributed by atoms with Crippen LogP contribution in [0, 0.1) is 11.8 Å². The fourth-order valence-electron chi connectivity index (χ4n) is 3.70. The van der Waals surface area contributed by atoms with Crippen molar-refractivity contribution in [3.8, 4) is 5.75 Å². The van der Waals surface area contributed by atoms with Gasteiger partial charge in [-0.2, -0.15) is 0 Å². The summed E-state index contributed by atoms with van der Waals surface area (Å²) in [6.45, 7) is 1.97. The zero-order chi connectivity index (χ0) is 14.8. The second kappa shape index (κ2) is 6.27. The third-order valence-electron chi connectivity index (χ3n) is 4.82. The Morgan fingerprint density at radius 1 is 1.33 bits per heavy atom. The zero-order valence-corrected chi connectivity index (χ0v) is 13.1. The van der Waals surface area contributed by atoms with Crippen LogP contribution >= 0.6 is 11.6 Å². The van der Waals surface area contributed by atoms with E-state index in [9.17, 15) is 4.79 Å². The molecule has 4 heteroatoms. The Kier molecular flexibility index (Phi) is 4.39. The fourth-order valence-corrected chi connectivity index (χ4v) is 3.82. The monoisotopic (exact) mass is 307 g/mol. The van der Waals surface area contributed by atoms with Crippen LogP contribution in [0.5, 0.6) is 5.75 Å². The summed E-state index contributed by atoms with van der Waals surface area (Å²) in [7, 11) is 0. The minimum Gasteiger partial charge on any atom is -0.481 e. The Hall–Kier alpha value is -1.22. The predicted octanol–water partition coefficient (Wildman–Crippen LogP) is 3.80. The van der Waals surface area contributed by atoms with Crippen molar-refractivity contribution in [2.75, 3.05) is 0 Å². The normalized spacial score (nSPS) is 28.4. The topological polar surface area (TPSA) is 38.3 Å². The lowest BCUT2D eigenvalue weighted by molar-refractivity contribution is -0.129. The van der Waals surface area contributed by atoms with Gasteiger partial charge in [0.15, 0.2) is 6.10 Å². The third kappa shape index (κ3) is 3.34. The van der Waals surface area contributed by atoms with Gasteiger partial charge in [-0.05, 0) is 61.8 Å². The fraction of sp³-hybridized carbons (Fsp3) is 0.588. The van der Waals surface area contributed by atoms with Crippen molar-refractivity contribution in [3.63, 3.8) is 0 Å². The van der Waals surface area contributed by atoms with Gasteiger partial charge in [0, 0.05) is 11.1 Å². The highest BCUT2D eigenvalue weighted by molar-refractivity contribution is 6.30. The van der Waals surface area contributed by atoms with Crippen molar-refractivity contribution in [2.24, 2.45) is 11.8 Å². The highest BCUT2D eigenvalue weighted by Gasteiger charge is 2.40. The number of ether oxygens (including phenoxy) is 1. The molecule has 0 heterocycles. The lowest BCUT2D eigenvalue weighted by Crippen LogP contribution is -2.45. The van der Waals surface area contributed by atoms with Crippen molar-refractivity contribution < 1.29 is 9.53 Å². The van der Waals surface area contributed by atoms with Gasteiger partial charge in [0.25, 0.3) is 5.91 Å². The molecule has 2 fully saturated rings. The molecule has 2 saturated carbocycles. The average molecular weight is 308 g/mol. The average Bonchev–Trinajstić information content (AvgIpc) is 3.09. The smallest absolute Gasteiger partial charge is 0.261 e. The summed E-state index contributed by atoms with van der Waals surface area (Å²) in [5.41, 5.74) is 0. The van der Waals surface area contributed by atoms with Crippen LogP contribution in [-0.2, 0) is 4.79 Å². The molecule has 0 unspecified atom stereocenters. The summed E-state index contributed by atoms with van der Waals surface area (Å²) in [6, 6.07) is 7.51. The van der Waals surface area contributed by atoms with Crippen molar-refractivity contribution >= 4 is 17.5 Å². The summed E-state index contributed by atoms with van der Waals surface area (Å²) in [6.07, 6.45) is 5.29. The standard InChI is InChI=1S/C17H22ClNO2/c1-2-16(21-14-7-5-13(18)6-8-14)17(20)19-15-10-11-3-4-12(15)9-11/h5-8,11-12,15-16H,2-4,9-10H2,1H3,(H,19,20)/t11-,12-,15+,16+/m0/s1. The SMILES string of the molecule is CC[C@@H](Oc1ccc(Cl)cc1)C(=O)N[C@@H]1C[C@H]2CC[C@H]1C2. The molecule has 0 spiro atoms. The van der Waals surface area contributed by atoms with Crippen LogP contribution in [0.3, 0.4) is 0 Å². The Morgan fingerprint density at radius 2 is 2.10 bits per heavy atom. The highest BCUT2D eigenvalue weighted by Crippen LogP contribution is 2.44. The molecule has 114 valence electrons. The van der Waals surface area contributed by atoms with Crippen molar-refractivity contribution in [3.05, 3.63) is 29.3 Å². The minimum absolute atomic E-state index is 0.0185. The summed E-state index contributed by atoms with van der Waals surface area (Å²) in [5.74, 6) is 2.23. The van der Waals surface area contributed by atoms with Crippen LogP contribution in [-0.4, -0.2) is 18.1 Å². The van der Waals surface area contributed by atoms with Crippen molar-refractivity contribution in [1.29, 1.82) is 0 Å². The number of benzene rings is 1. The summed E-state index contributed by atoms with van der Waals surface area (Å²) in [4.78, 5) is 12.4. The van der Waals surface area contributed by atoms with Gasteiger partial charge in [-0.15, -0.1) is 0 Å². The molecule has 4 atom stereocenters. The van der Waals surface area contributed by atoms with Gasteiger partial charge in [0.05, 0.1) is 0 Å². The third-order valence-corrected chi connectivity index (χ3v) is 5.07. The molecule has 1 amide bonds. The molecule has 0 radical (unpaired) electrons. The van der Waals surface area contributed by atoms with Gasteiger partial charge in [-0.25, -0.2) is 0 Å². The summed E-state index contributed by atoms with van der Waals surface area (Å²) < 4.78 is 5.80. The maximum Gasteiger partial charge on any atom is 0.261 e. The second-order valence-electron chi connectivity index (χ2n) is 6.26. The number of fused-ring (bicyclic) bond motifs is 2. The first kappa shape index (κ1) is 14.7. The molecule has 3 rings (SSSR count). The molecule has 3 nitrogen and oxygen atoms in total. The molecule has 0 aliphatic heterocycles. The van der Waals surface area contributed by atoms with Crippen molar-refractivity contribution in [2.45, 2.75) is 51.2 Å². The van der Waals surface area contributed by atoms with Gasteiger partial charge in [-0.1, -0.05) is 24.9 Å². The van der Waals surface area contributed by atoms with Gasteiger partial charge in [-0.3, -0.25) is 4.79 Å². The molecule has 1 aromatic rings. The predicted molar refractivity (Wildman–Crippen MR) is 83.5 cm³/mol. The zero-order valence-electron chi connectivity index (χ0n) is 12.3. The van der Waals surface area contributed by atoms with Crippen LogP contribution in [0.2, 0.25) is 5.02 Å². The van der Waals surface area contributed by atoms with Gasteiger partial charge < -0.3 is 10.1 Å². The molecule has 2 aliphatic carbocycles. The number of nitrogens with one attached hydrogen (secondary N) is 1. The van der Waals surface area contributed by atoms with E-state index in [1.165, 1.54) is 19.3 Å².